The molecule has 0 aliphatic rings. The minimum absolute atomic E-state index is 0.260. The van der Waals surface area contributed by atoms with Crippen LogP contribution in [0.4, 0.5) is 13.2 Å². The van der Waals surface area contributed by atoms with Crippen LogP contribution in [0.2, 0.25) is 0 Å². The molecule has 154 valence electrons. The molecule has 0 radical (unpaired) electrons. The van der Waals surface area contributed by atoms with E-state index in [1.54, 1.807) is 30.3 Å². The number of hydrogen-bond donors (Lipinski definition) is 0. The van der Waals surface area contributed by atoms with Crippen molar-refractivity contribution in [3.63, 3.8) is 0 Å². The lowest BCUT2D eigenvalue weighted by molar-refractivity contribution is -0.161. The van der Waals surface area contributed by atoms with E-state index in [9.17, 15) is 18.0 Å². The SMILES string of the molecule is COc1ccc(-n2nnnc2SCC(=O)N(Cc2ccco2)CC(F)(F)F)cc1. The van der Waals surface area contributed by atoms with Crippen molar-refractivity contribution in [3.8, 4) is 11.4 Å². The van der Waals surface area contributed by atoms with Gasteiger partial charge in [-0.15, -0.1) is 5.10 Å². The Hall–Kier alpha value is -3.02. The summed E-state index contributed by atoms with van der Waals surface area (Å²) in [7, 11) is 1.54. The Morgan fingerprint density at radius 3 is 2.66 bits per heavy atom. The summed E-state index contributed by atoms with van der Waals surface area (Å²) in [4.78, 5) is 13.1. The number of nitrogens with zero attached hydrogens (tertiary/aromatic N) is 5. The van der Waals surface area contributed by atoms with Crippen LogP contribution in [-0.2, 0) is 11.3 Å². The van der Waals surface area contributed by atoms with Crippen LogP contribution in [0.3, 0.4) is 0 Å². The average Bonchev–Trinajstić information content (AvgIpc) is 3.36. The molecule has 8 nitrogen and oxygen atoms in total. The standard InChI is InChI=1S/C17H16F3N5O3S/c1-27-13-6-4-12(5-7-13)25-16(21-22-23-25)29-10-15(26)24(11-17(18,19)20)9-14-3-2-8-28-14/h2-8H,9-11H2,1H3. The van der Waals surface area contributed by atoms with E-state index in [1.165, 1.54) is 24.1 Å². The van der Waals surface area contributed by atoms with E-state index in [2.05, 4.69) is 15.5 Å². The zero-order valence-electron chi connectivity index (χ0n) is 15.2. The molecule has 0 atom stereocenters. The van der Waals surface area contributed by atoms with Crippen LogP contribution in [0.25, 0.3) is 5.69 Å². The molecule has 0 aliphatic carbocycles. The van der Waals surface area contributed by atoms with Gasteiger partial charge in [-0.1, -0.05) is 11.8 Å². The molecule has 0 fully saturated rings. The van der Waals surface area contributed by atoms with E-state index in [-0.39, 0.29) is 23.2 Å². The van der Waals surface area contributed by atoms with Gasteiger partial charge in [-0.05, 0) is 46.8 Å². The molecular weight excluding hydrogens is 411 g/mol. The number of aromatic nitrogens is 4. The summed E-state index contributed by atoms with van der Waals surface area (Å²) in [5.41, 5.74) is 0.619. The van der Waals surface area contributed by atoms with E-state index in [4.69, 9.17) is 9.15 Å². The fraction of sp³-hybridized carbons (Fsp3) is 0.294. The first-order valence-electron chi connectivity index (χ1n) is 8.28. The lowest BCUT2D eigenvalue weighted by Crippen LogP contribution is -2.39. The van der Waals surface area contributed by atoms with E-state index >= 15 is 0 Å². The highest BCUT2D eigenvalue weighted by atomic mass is 32.2. The predicted molar refractivity (Wildman–Crippen MR) is 96.6 cm³/mol. The van der Waals surface area contributed by atoms with Crippen molar-refractivity contribution in [2.24, 2.45) is 0 Å². The molecule has 0 unspecified atom stereocenters. The van der Waals surface area contributed by atoms with Gasteiger partial charge in [0, 0.05) is 0 Å². The summed E-state index contributed by atoms with van der Waals surface area (Å²) in [5, 5.41) is 11.5. The first kappa shape index (κ1) is 20.7. The number of tetrazole rings is 1. The van der Waals surface area contributed by atoms with Gasteiger partial charge in [0.15, 0.2) is 0 Å². The summed E-state index contributed by atoms with van der Waals surface area (Å²) in [6.07, 6.45) is -3.19. The number of rotatable bonds is 8. The highest BCUT2D eigenvalue weighted by Gasteiger charge is 2.33. The molecule has 0 saturated carbocycles. The van der Waals surface area contributed by atoms with E-state index in [1.807, 2.05) is 0 Å². The van der Waals surface area contributed by atoms with Gasteiger partial charge in [0.1, 0.15) is 18.1 Å². The third kappa shape index (κ3) is 5.73. The molecule has 1 aromatic carbocycles. The molecular formula is C17H16F3N5O3S. The first-order valence-corrected chi connectivity index (χ1v) is 9.27. The van der Waals surface area contributed by atoms with Crippen molar-refractivity contribution in [2.45, 2.75) is 17.9 Å². The number of carbonyl (C=O) groups excluding carboxylic acids is 1. The monoisotopic (exact) mass is 427 g/mol. The highest BCUT2D eigenvalue weighted by molar-refractivity contribution is 7.99. The fourth-order valence-electron chi connectivity index (χ4n) is 2.41. The molecule has 29 heavy (non-hydrogen) atoms. The highest BCUT2D eigenvalue weighted by Crippen LogP contribution is 2.23. The number of benzene rings is 1. The second-order valence-electron chi connectivity index (χ2n) is 5.80. The van der Waals surface area contributed by atoms with Crippen molar-refractivity contribution in [1.29, 1.82) is 0 Å². The first-order chi connectivity index (χ1) is 13.9. The number of alkyl halides is 3. The molecule has 0 aliphatic heterocycles. The van der Waals surface area contributed by atoms with Gasteiger partial charge in [-0.25, -0.2) is 0 Å². The van der Waals surface area contributed by atoms with Crippen LogP contribution in [0, 0.1) is 0 Å². The number of amides is 1. The molecule has 0 saturated heterocycles. The molecule has 12 heteroatoms. The zero-order valence-corrected chi connectivity index (χ0v) is 16.0. The van der Waals surface area contributed by atoms with Gasteiger partial charge < -0.3 is 14.1 Å². The van der Waals surface area contributed by atoms with Gasteiger partial charge >= 0.3 is 6.18 Å². The maximum Gasteiger partial charge on any atom is 0.406 e. The summed E-state index contributed by atoms with van der Waals surface area (Å²) in [6.45, 7) is -1.66. The van der Waals surface area contributed by atoms with Gasteiger partial charge in [0.05, 0.1) is 31.4 Å². The van der Waals surface area contributed by atoms with E-state index < -0.39 is 18.6 Å². The Bertz CT molecular complexity index is 929. The molecule has 3 rings (SSSR count). The van der Waals surface area contributed by atoms with Crippen LogP contribution in [0.15, 0.2) is 52.2 Å². The van der Waals surface area contributed by atoms with Crippen molar-refractivity contribution in [2.75, 3.05) is 19.4 Å². The van der Waals surface area contributed by atoms with Crippen LogP contribution in [-0.4, -0.2) is 56.6 Å². The lowest BCUT2D eigenvalue weighted by atomic mass is 10.3. The Morgan fingerprint density at radius 1 is 1.28 bits per heavy atom. The maximum atomic E-state index is 12.9. The third-order valence-corrected chi connectivity index (χ3v) is 4.64. The Kier molecular flexibility index (Phi) is 6.42. The second-order valence-corrected chi connectivity index (χ2v) is 6.75. The average molecular weight is 427 g/mol. The number of methoxy groups -OCH3 is 1. The smallest absolute Gasteiger partial charge is 0.406 e. The minimum Gasteiger partial charge on any atom is -0.497 e. The van der Waals surface area contributed by atoms with E-state index in [0.29, 0.717) is 16.3 Å². The summed E-state index contributed by atoms with van der Waals surface area (Å²) < 4.78 is 50.2. The number of furan rings is 1. The Morgan fingerprint density at radius 2 is 2.03 bits per heavy atom. The van der Waals surface area contributed by atoms with Crippen molar-refractivity contribution in [1.82, 2.24) is 25.1 Å². The van der Waals surface area contributed by atoms with Crippen LogP contribution < -0.4 is 4.74 Å². The molecule has 0 bridgehead atoms. The number of thioether (sulfide) groups is 1. The van der Waals surface area contributed by atoms with Crippen molar-refractivity contribution < 1.29 is 27.1 Å². The molecule has 3 aromatic rings. The molecule has 1 amide bonds. The number of carbonyl (C=O) groups is 1. The van der Waals surface area contributed by atoms with Gasteiger partial charge in [0.25, 0.3) is 0 Å². The van der Waals surface area contributed by atoms with Crippen molar-refractivity contribution in [3.05, 3.63) is 48.4 Å². The van der Waals surface area contributed by atoms with Crippen LogP contribution in [0.1, 0.15) is 5.76 Å². The summed E-state index contributed by atoms with van der Waals surface area (Å²) >= 11 is 0.940. The molecule has 0 N–H and O–H groups in total. The lowest BCUT2D eigenvalue weighted by Gasteiger charge is -2.22. The van der Waals surface area contributed by atoms with Crippen LogP contribution >= 0.6 is 11.8 Å². The van der Waals surface area contributed by atoms with Gasteiger partial charge in [-0.2, -0.15) is 17.9 Å². The number of hydrogen-bond acceptors (Lipinski definition) is 7. The largest absolute Gasteiger partial charge is 0.497 e. The molecule has 0 spiro atoms. The quantitative estimate of drug-likeness (QED) is 0.511. The Labute approximate surface area is 167 Å². The predicted octanol–water partition coefficient (Wildman–Crippen LogP) is 2.95. The van der Waals surface area contributed by atoms with E-state index in [0.717, 1.165) is 11.8 Å². The molecule has 2 heterocycles. The normalized spacial score (nSPS) is 11.4. The number of ether oxygens (including phenoxy) is 1. The minimum atomic E-state index is -4.53. The van der Waals surface area contributed by atoms with Crippen molar-refractivity contribution >= 4 is 17.7 Å². The summed E-state index contributed by atoms with van der Waals surface area (Å²) in [5.74, 6) is -0.0802. The third-order valence-electron chi connectivity index (χ3n) is 3.73. The zero-order chi connectivity index (χ0) is 20.9. The van der Waals surface area contributed by atoms with Gasteiger partial charge in [0.2, 0.25) is 11.1 Å². The number of halogens is 3. The maximum absolute atomic E-state index is 12.9. The van der Waals surface area contributed by atoms with Gasteiger partial charge in [-0.3, -0.25) is 4.79 Å². The summed E-state index contributed by atoms with van der Waals surface area (Å²) in [6, 6.07) is 9.91. The van der Waals surface area contributed by atoms with Crippen LogP contribution in [0.5, 0.6) is 5.75 Å². The second kappa shape index (κ2) is 8.99. The Balaban J connectivity index is 1.69. The topological polar surface area (TPSA) is 86.3 Å². The molecule has 2 aromatic heterocycles. The fourth-order valence-corrected chi connectivity index (χ4v) is 3.20.